The van der Waals surface area contributed by atoms with E-state index < -0.39 is 0 Å². The molecule has 0 spiro atoms. The first-order valence-electron chi connectivity index (χ1n) is 8.63. The summed E-state index contributed by atoms with van der Waals surface area (Å²) in [5.41, 5.74) is 5.72. The van der Waals surface area contributed by atoms with Crippen LogP contribution in [0.5, 0.6) is 0 Å². The molecule has 0 bridgehead atoms. The first kappa shape index (κ1) is 37.5. The van der Waals surface area contributed by atoms with Gasteiger partial charge >= 0.3 is 0 Å². The standard InChI is InChI=1S/C11H16.C3H8.3C2H6.2CH4/c1-5-11-6-8(2)10(4)9(3)7-11;1-3-2;3*1-2;;/h6-7H,5H2,1-4H3;3H2,1-2H3;3*1-2H3;2*1H4. The summed E-state index contributed by atoms with van der Waals surface area (Å²) in [5, 5.41) is 0. The molecule has 0 nitrogen and oxygen atoms in total. The molecule has 0 heteroatoms. The van der Waals surface area contributed by atoms with Crippen molar-refractivity contribution in [3.05, 3.63) is 34.4 Å². The van der Waals surface area contributed by atoms with Gasteiger partial charge in [-0.2, -0.15) is 0 Å². The van der Waals surface area contributed by atoms with Crippen molar-refractivity contribution in [3.63, 3.8) is 0 Å². The Morgan fingerprint density at radius 3 is 1.05 bits per heavy atom. The van der Waals surface area contributed by atoms with Crippen molar-refractivity contribution < 1.29 is 0 Å². The molecule has 0 N–H and O–H groups in total. The zero-order valence-corrected chi connectivity index (χ0v) is 16.6. The second-order valence-corrected chi connectivity index (χ2v) is 3.92. The van der Waals surface area contributed by atoms with Gasteiger partial charge in [0.1, 0.15) is 0 Å². The minimum absolute atomic E-state index is 0. The van der Waals surface area contributed by atoms with Crippen molar-refractivity contribution in [2.75, 3.05) is 0 Å². The topological polar surface area (TPSA) is 0 Å². The van der Waals surface area contributed by atoms with Crippen LogP contribution in [0.2, 0.25) is 0 Å². The van der Waals surface area contributed by atoms with E-state index in [1.165, 1.54) is 28.7 Å². The van der Waals surface area contributed by atoms with Crippen molar-refractivity contribution in [2.45, 2.75) is 111 Å². The highest BCUT2D eigenvalue weighted by molar-refractivity contribution is 5.36. The highest BCUT2D eigenvalue weighted by atomic mass is 14.0. The third-order valence-corrected chi connectivity index (χ3v) is 2.40. The molecule has 22 heavy (non-hydrogen) atoms. The molecule has 0 atom stereocenters. The summed E-state index contributed by atoms with van der Waals surface area (Å²) in [6.45, 7) is 25.0. The van der Waals surface area contributed by atoms with Gasteiger partial charge in [-0.25, -0.2) is 0 Å². The van der Waals surface area contributed by atoms with E-state index in [1.54, 1.807) is 0 Å². The lowest BCUT2D eigenvalue weighted by molar-refractivity contribution is 1.09. The molecule has 0 radical (unpaired) electrons. The van der Waals surface area contributed by atoms with Crippen molar-refractivity contribution in [1.82, 2.24) is 0 Å². The van der Waals surface area contributed by atoms with Crippen LogP contribution in [-0.4, -0.2) is 0 Å². The molecule has 0 aromatic heterocycles. The van der Waals surface area contributed by atoms with Crippen molar-refractivity contribution >= 4 is 0 Å². The number of hydrogen-bond acceptors (Lipinski definition) is 0. The van der Waals surface area contributed by atoms with Crippen molar-refractivity contribution in [3.8, 4) is 0 Å². The summed E-state index contributed by atoms with van der Waals surface area (Å²) >= 11 is 0. The molecule has 1 aromatic carbocycles. The number of aryl methyl sites for hydroxylation is 3. The predicted octanol–water partition coefficient (Wildman–Crippen LogP) is 8.94. The van der Waals surface area contributed by atoms with E-state index in [1.807, 2.05) is 41.5 Å². The third kappa shape index (κ3) is 21.5. The molecule has 1 rings (SSSR count). The zero-order chi connectivity index (χ0) is 17.1. The smallest absolute Gasteiger partial charge is 0.0307 e. The van der Waals surface area contributed by atoms with Crippen LogP contribution in [-0.2, 0) is 6.42 Å². The van der Waals surface area contributed by atoms with Gasteiger partial charge in [-0.3, -0.25) is 0 Å². The van der Waals surface area contributed by atoms with Gasteiger partial charge in [-0.1, -0.05) is 95.7 Å². The van der Waals surface area contributed by atoms with E-state index in [-0.39, 0.29) is 14.9 Å². The van der Waals surface area contributed by atoms with Crippen LogP contribution in [0.1, 0.15) is 106 Å². The second-order valence-electron chi connectivity index (χ2n) is 3.92. The highest BCUT2D eigenvalue weighted by Gasteiger charge is 1.98. The lowest BCUT2D eigenvalue weighted by Crippen LogP contribution is -1.89. The molecule has 0 unspecified atom stereocenters. The summed E-state index contributed by atoms with van der Waals surface area (Å²) in [7, 11) is 0. The maximum atomic E-state index is 2.28. The molecule has 0 saturated carbocycles. The maximum Gasteiger partial charge on any atom is -0.0307 e. The molecular formula is C22H50. The summed E-state index contributed by atoms with van der Waals surface area (Å²) in [4.78, 5) is 0. The van der Waals surface area contributed by atoms with Gasteiger partial charge in [0.05, 0.1) is 0 Å². The number of benzene rings is 1. The number of hydrogen-bond donors (Lipinski definition) is 0. The third-order valence-electron chi connectivity index (χ3n) is 2.40. The Kier molecular flexibility index (Phi) is 54.9. The Morgan fingerprint density at radius 2 is 0.864 bits per heavy atom. The molecule has 138 valence electrons. The zero-order valence-electron chi connectivity index (χ0n) is 16.6. The van der Waals surface area contributed by atoms with E-state index in [2.05, 4.69) is 53.7 Å². The Morgan fingerprint density at radius 1 is 0.636 bits per heavy atom. The molecule has 0 amide bonds. The molecule has 0 aliphatic heterocycles. The molecule has 0 saturated heterocycles. The van der Waals surface area contributed by atoms with Crippen molar-refractivity contribution in [2.24, 2.45) is 0 Å². The van der Waals surface area contributed by atoms with Crippen LogP contribution in [0.4, 0.5) is 0 Å². The second kappa shape index (κ2) is 32.2. The van der Waals surface area contributed by atoms with Crippen LogP contribution >= 0.6 is 0 Å². The highest BCUT2D eigenvalue weighted by Crippen LogP contribution is 2.15. The summed E-state index contributed by atoms with van der Waals surface area (Å²) < 4.78 is 0. The first-order valence-corrected chi connectivity index (χ1v) is 8.63. The average Bonchev–Trinajstić information content (AvgIpc) is 2.51. The van der Waals surface area contributed by atoms with E-state index in [0.29, 0.717) is 0 Å². The summed E-state index contributed by atoms with van der Waals surface area (Å²) in [6.07, 6.45) is 2.39. The Hall–Kier alpha value is -0.780. The predicted molar refractivity (Wildman–Crippen MR) is 114 cm³/mol. The van der Waals surface area contributed by atoms with Crippen molar-refractivity contribution in [1.29, 1.82) is 0 Å². The minimum Gasteiger partial charge on any atom is -0.0776 e. The van der Waals surface area contributed by atoms with E-state index in [0.717, 1.165) is 6.42 Å². The monoisotopic (exact) mass is 314 g/mol. The molecule has 0 heterocycles. The fourth-order valence-corrected chi connectivity index (χ4v) is 1.33. The SMILES string of the molecule is C.C.CC.CC.CC.CCC.CCc1cc(C)c(C)c(C)c1. The molecule has 1 aromatic rings. The average molecular weight is 315 g/mol. The Balaban J connectivity index is -0.0000000502. The van der Waals surface area contributed by atoms with E-state index in [4.69, 9.17) is 0 Å². The van der Waals surface area contributed by atoms with Crippen LogP contribution in [0.3, 0.4) is 0 Å². The molecule has 0 aliphatic rings. The van der Waals surface area contributed by atoms with Crippen LogP contribution in [0.25, 0.3) is 0 Å². The van der Waals surface area contributed by atoms with Gasteiger partial charge in [-0.15, -0.1) is 0 Å². The van der Waals surface area contributed by atoms with Gasteiger partial charge in [0.15, 0.2) is 0 Å². The van der Waals surface area contributed by atoms with Crippen LogP contribution in [0, 0.1) is 20.8 Å². The Labute approximate surface area is 145 Å². The maximum absolute atomic E-state index is 2.28. The van der Waals surface area contributed by atoms with Crippen LogP contribution in [0.15, 0.2) is 12.1 Å². The van der Waals surface area contributed by atoms with Gasteiger partial charge in [0, 0.05) is 0 Å². The molecule has 0 fully saturated rings. The first-order chi connectivity index (χ1) is 9.56. The summed E-state index contributed by atoms with van der Waals surface area (Å²) in [5.74, 6) is 0. The van der Waals surface area contributed by atoms with Gasteiger partial charge < -0.3 is 0 Å². The number of rotatable bonds is 1. The quantitative estimate of drug-likeness (QED) is 0.485. The lowest BCUT2D eigenvalue weighted by atomic mass is 10.00. The Bertz CT molecular complexity index is 248. The normalized spacial score (nSPS) is 6.73. The van der Waals surface area contributed by atoms with Gasteiger partial charge in [0.2, 0.25) is 0 Å². The molecular weight excluding hydrogens is 264 g/mol. The van der Waals surface area contributed by atoms with E-state index >= 15 is 0 Å². The lowest BCUT2D eigenvalue weighted by Gasteiger charge is -2.06. The van der Waals surface area contributed by atoms with Gasteiger partial charge in [0.25, 0.3) is 0 Å². The van der Waals surface area contributed by atoms with E-state index in [9.17, 15) is 0 Å². The largest absolute Gasteiger partial charge is 0.0776 e. The molecule has 0 aliphatic carbocycles. The fraction of sp³-hybridized carbons (Fsp3) is 0.727. The van der Waals surface area contributed by atoms with Crippen LogP contribution < -0.4 is 0 Å². The fourth-order valence-electron chi connectivity index (χ4n) is 1.33. The van der Waals surface area contributed by atoms with Gasteiger partial charge in [-0.05, 0) is 49.4 Å². The minimum atomic E-state index is 0. The summed E-state index contributed by atoms with van der Waals surface area (Å²) in [6, 6.07) is 4.56.